The van der Waals surface area contributed by atoms with E-state index in [-0.39, 0.29) is 73.6 Å². The van der Waals surface area contributed by atoms with Gasteiger partial charge in [-0.1, -0.05) is 29.8 Å². The lowest BCUT2D eigenvalue weighted by Crippen LogP contribution is -2.56. The van der Waals surface area contributed by atoms with Crippen molar-refractivity contribution in [3.63, 3.8) is 0 Å². The maximum atomic E-state index is 14.2. The number of urea groups is 1. The van der Waals surface area contributed by atoms with Crippen LogP contribution in [0.2, 0.25) is 5.02 Å². The molecule has 0 bridgehead atoms. The first-order chi connectivity index (χ1) is 29.1. The van der Waals surface area contributed by atoms with E-state index in [4.69, 9.17) is 26.8 Å². The van der Waals surface area contributed by atoms with Gasteiger partial charge in [-0.25, -0.2) is 9.59 Å². The minimum Gasteiger partial charge on any atom is -0.464 e. The number of ether oxygens (including phenoxy) is 2. The van der Waals surface area contributed by atoms with Crippen molar-refractivity contribution in [3.05, 3.63) is 58.1 Å². The molecular weight excluding hydrogens is 821 g/mol. The Balaban J connectivity index is 1.04. The summed E-state index contributed by atoms with van der Waals surface area (Å²) in [6.07, 6.45) is -4.44. The van der Waals surface area contributed by atoms with Gasteiger partial charge >= 0.3 is 24.3 Å². The van der Waals surface area contributed by atoms with E-state index in [1.807, 2.05) is 43.3 Å². The number of likely N-dealkylation sites (N-methyl/N-ethyl adjacent to an activating group) is 1. The van der Waals surface area contributed by atoms with Gasteiger partial charge in [0.15, 0.2) is 6.10 Å². The predicted octanol–water partition coefficient (Wildman–Crippen LogP) is 4.56. The molecule has 3 saturated heterocycles. The maximum Gasteiger partial charge on any atom is 0.418 e. The number of hydrogen-bond donors (Lipinski definition) is 2. The summed E-state index contributed by atoms with van der Waals surface area (Å²) >= 11 is 6.14. The summed E-state index contributed by atoms with van der Waals surface area (Å²) in [5.41, 5.74) is 5.76. The fourth-order valence-corrected chi connectivity index (χ4v) is 8.73. The van der Waals surface area contributed by atoms with Crippen LogP contribution in [0.4, 0.5) is 34.1 Å². The molecule has 61 heavy (non-hydrogen) atoms. The molecule has 3 N–H and O–H groups in total. The Bertz CT molecular complexity index is 1900. The van der Waals surface area contributed by atoms with Crippen LogP contribution in [0.5, 0.6) is 0 Å². The summed E-state index contributed by atoms with van der Waals surface area (Å²) < 4.78 is 52.8. The Kier molecular flexibility index (Phi) is 15.3. The number of esters is 1. The van der Waals surface area contributed by atoms with E-state index in [1.54, 1.807) is 14.7 Å². The molecule has 15 nitrogen and oxygen atoms in total. The van der Waals surface area contributed by atoms with Crippen molar-refractivity contribution in [1.82, 2.24) is 29.4 Å². The van der Waals surface area contributed by atoms with Crippen molar-refractivity contribution >= 4 is 52.9 Å². The highest BCUT2D eigenvalue weighted by atomic mass is 35.5. The van der Waals surface area contributed by atoms with E-state index in [9.17, 15) is 37.1 Å². The van der Waals surface area contributed by atoms with Crippen LogP contribution in [0.15, 0.2) is 36.4 Å². The Morgan fingerprint density at radius 1 is 0.885 bits per heavy atom. The van der Waals surface area contributed by atoms with Crippen LogP contribution in [-0.2, 0) is 42.9 Å². The zero-order valence-electron chi connectivity index (χ0n) is 34.8. The Labute approximate surface area is 359 Å². The number of carbonyl (C=O) groups excluding carboxylic acids is 5. The lowest BCUT2D eigenvalue weighted by Gasteiger charge is -2.43. The Morgan fingerprint density at radius 2 is 1.54 bits per heavy atom. The monoisotopic (exact) mass is 876 g/mol. The number of nitrogen functional groups attached to an aromatic ring is 1. The molecule has 6 rings (SSSR count). The molecule has 4 aliphatic rings. The fraction of sp³-hybridized carbons (Fsp3) is 0.595. The number of hydrogen-bond acceptors (Lipinski definition) is 10. The number of anilines is 2. The number of piperidine rings is 2. The van der Waals surface area contributed by atoms with Gasteiger partial charge in [-0.3, -0.25) is 19.3 Å². The number of carbonyl (C=O) groups is 5. The standard InChI is InChI=1S/C42H56ClF3N8O7/c1-49(2)23-24-60-37(56)8-7-36(55)51-21-19-50(20-22-51)30-10-14-52(15-11-30)39(57)35(27-28-25-32(42(44,45)46)38(47)33(43)26-28)61-41(59)53-16-12-31(13-17-53)54-18-9-29-5-3-4-6-34(29)48-40(54)58/h3-6,25-26,30-31,35H,7-24,27,47H2,1-2H3,(H,48,58)/t35-/m1/s1. The van der Waals surface area contributed by atoms with E-state index in [1.165, 1.54) is 11.0 Å². The van der Waals surface area contributed by atoms with Crippen molar-refractivity contribution in [2.24, 2.45) is 0 Å². The zero-order chi connectivity index (χ0) is 43.8. The van der Waals surface area contributed by atoms with Crippen LogP contribution in [0.3, 0.4) is 0 Å². The SMILES string of the molecule is CN(C)CCOC(=O)CCC(=O)N1CCN(C2CCN(C(=O)[C@@H](Cc3cc(Cl)c(N)c(C(F)(F)F)c3)OC(=O)N3CCC(N4CCc5ccccc5NC4=O)CC3)CC2)CC1. The van der Waals surface area contributed by atoms with Crippen LogP contribution < -0.4 is 11.1 Å². The second-order valence-electron chi connectivity index (χ2n) is 16.4. The summed E-state index contributed by atoms with van der Waals surface area (Å²) in [5.74, 6) is -1.03. The molecule has 0 aromatic heterocycles. The van der Waals surface area contributed by atoms with Gasteiger partial charge < -0.3 is 45.0 Å². The first-order valence-corrected chi connectivity index (χ1v) is 21.3. The number of rotatable bonds is 12. The quantitative estimate of drug-likeness (QED) is 0.229. The van der Waals surface area contributed by atoms with Gasteiger partial charge in [0.05, 0.1) is 22.7 Å². The van der Waals surface area contributed by atoms with Crippen molar-refractivity contribution in [3.8, 4) is 0 Å². The molecule has 19 heteroatoms. The number of fused-ring (bicyclic) bond motifs is 1. The van der Waals surface area contributed by atoms with Gasteiger partial charge in [-0.15, -0.1) is 0 Å². The normalized spacial score (nSPS) is 19.0. The third-order valence-electron chi connectivity index (χ3n) is 12.0. The first kappa shape index (κ1) is 45.7. The summed E-state index contributed by atoms with van der Waals surface area (Å²) in [6.45, 7) is 4.82. The number of amides is 5. The minimum absolute atomic E-state index is 0.0252. The smallest absolute Gasteiger partial charge is 0.418 e. The topological polar surface area (TPSA) is 161 Å². The Hall–Kier alpha value is -4.81. The average Bonchev–Trinajstić information content (AvgIpc) is 3.41. The van der Waals surface area contributed by atoms with E-state index in [0.717, 1.165) is 17.3 Å². The second kappa shape index (κ2) is 20.4. The number of benzene rings is 2. The molecule has 1 atom stereocenters. The molecule has 3 fully saturated rings. The van der Waals surface area contributed by atoms with Crippen LogP contribution in [0.1, 0.15) is 55.2 Å². The van der Waals surface area contributed by atoms with Crippen molar-refractivity contribution in [1.29, 1.82) is 0 Å². The number of piperazine rings is 1. The summed E-state index contributed by atoms with van der Waals surface area (Å²) in [6, 6.07) is 9.51. The minimum atomic E-state index is -4.81. The Morgan fingerprint density at radius 3 is 2.21 bits per heavy atom. The molecule has 0 saturated carbocycles. The summed E-state index contributed by atoms with van der Waals surface area (Å²) in [7, 11) is 3.76. The number of nitrogens with two attached hydrogens (primary N) is 1. The third kappa shape index (κ3) is 12.0. The molecule has 0 unspecified atom stereocenters. The van der Waals surface area contributed by atoms with Crippen LogP contribution in [0, 0.1) is 0 Å². The molecule has 0 aliphatic carbocycles. The van der Waals surface area contributed by atoms with E-state index in [0.29, 0.717) is 84.5 Å². The fourth-order valence-electron chi connectivity index (χ4n) is 8.49. The maximum absolute atomic E-state index is 14.2. The van der Waals surface area contributed by atoms with E-state index >= 15 is 0 Å². The molecular formula is C42H56ClF3N8O7. The highest BCUT2D eigenvalue weighted by Crippen LogP contribution is 2.38. The molecule has 2 aromatic rings. The third-order valence-corrected chi connectivity index (χ3v) is 12.4. The van der Waals surface area contributed by atoms with Crippen molar-refractivity contribution in [2.45, 2.75) is 75.7 Å². The molecule has 4 aliphatic heterocycles. The van der Waals surface area contributed by atoms with Gasteiger partial charge in [0.1, 0.15) is 6.61 Å². The summed E-state index contributed by atoms with van der Waals surface area (Å²) in [5, 5.41) is 2.65. The number of nitrogens with zero attached hydrogens (tertiary/aromatic N) is 6. The van der Waals surface area contributed by atoms with Gasteiger partial charge in [0, 0.05) is 96.1 Å². The molecule has 4 heterocycles. The molecule has 0 radical (unpaired) electrons. The lowest BCUT2D eigenvalue weighted by atomic mass is 9.99. The zero-order valence-corrected chi connectivity index (χ0v) is 35.5. The van der Waals surface area contributed by atoms with Crippen LogP contribution in [-0.4, -0.2) is 164 Å². The van der Waals surface area contributed by atoms with E-state index < -0.39 is 41.5 Å². The van der Waals surface area contributed by atoms with E-state index in [2.05, 4.69) is 10.2 Å². The largest absolute Gasteiger partial charge is 0.464 e. The number of halogens is 4. The van der Waals surface area contributed by atoms with Crippen molar-refractivity contribution < 1.29 is 46.6 Å². The lowest BCUT2D eigenvalue weighted by molar-refractivity contribution is -0.146. The highest BCUT2D eigenvalue weighted by molar-refractivity contribution is 6.33. The number of nitrogens with one attached hydrogen (secondary N) is 1. The second-order valence-corrected chi connectivity index (χ2v) is 16.8. The molecule has 0 spiro atoms. The molecule has 334 valence electrons. The van der Waals surface area contributed by atoms with Gasteiger partial charge in [-0.2, -0.15) is 13.2 Å². The van der Waals surface area contributed by atoms with Gasteiger partial charge in [-0.05, 0) is 75.5 Å². The van der Waals surface area contributed by atoms with Crippen molar-refractivity contribution in [2.75, 3.05) is 97.2 Å². The number of para-hydroxylation sites is 1. The average molecular weight is 877 g/mol. The predicted molar refractivity (Wildman–Crippen MR) is 222 cm³/mol. The molecule has 5 amide bonds. The van der Waals surface area contributed by atoms with Crippen LogP contribution >= 0.6 is 11.6 Å². The number of alkyl halides is 3. The molecule has 2 aromatic carbocycles. The van der Waals surface area contributed by atoms with Crippen LogP contribution in [0.25, 0.3) is 0 Å². The van der Waals surface area contributed by atoms with Gasteiger partial charge in [0.25, 0.3) is 5.91 Å². The van der Waals surface area contributed by atoms with Gasteiger partial charge in [0.2, 0.25) is 5.91 Å². The number of likely N-dealkylation sites (tertiary alicyclic amines) is 2. The first-order valence-electron chi connectivity index (χ1n) is 20.9. The summed E-state index contributed by atoms with van der Waals surface area (Å²) in [4.78, 5) is 76.7. The highest BCUT2D eigenvalue weighted by Gasteiger charge is 2.39.